The highest BCUT2D eigenvalue weighted by molar-refractivity contribution is 14.1. The number of hydrogen-bond donors (Lipinski definition) is 1. The molecule has 2 rings (SSSR count). The first kappa shape index (κ1) is 20.5. The summed E-state index contributed by atoms with van der Waals surface area (Å²) in [6.07, 6.45) is 3.02. The lowest BCUT2D eigenvalue weighted by Crippen LogP contribution is -2.14. The van der Waals surface area contributed by atoms with E-state index in [-0.39, 0.29) is 11.3 Å². The number of ether oxygens (including phenoxy) is 2. The molecule has 0 bridgehead atoms. The first-order chi connectivity index (χ1) is 13.0. The zero-order valence-electron chi connectivity index (χ0n) is 14.5. The number of amides is 1. The van der Waals surface area contributed by atoms with Crippen molar-refractivity contribution in [2.45, 2.75) is 0 Å². The molecule has 0 fully saturated rings. The van der Waals surface area contributed by atoms with Gasteiger partial charge in [-0.25, -0.2) is 4.39 Å². The molecule has 138 valence electrons. The van der Waals surface area contributed by atoms with Crippen molar-refractivity contribution in [1.82, 2.24) is 0 Å². The van der Waals surface area contributed by atoms with Crippen LogP contribution >= 0.6 is 22.6 Å². The summed E-state index contributed by atoms with van der Waals surface area (Å²) in [5.74, 6) is -0.280. The highest BCUT2D eigenvalue weighted by Gasteiger charge is 2.14. The monoisotopic (exact) mass is 478 g/mol. The second-order valence-corrected chi connectivity index (χ2v) is 6.40. The van der Waals surface area contributed by atoms with Gasteiger partial charge in [-0.05, 0) is 58.5 Å². The number of nitrogens with one attached hydrogen (secondary N) is 1. The van der Waals surface area contributed by atoms with Gasteiger partial charge in [0.25, 0.3) is 5.91 Å². The van der Waals surface area contributed by atoms with Gasteiger partial charge in [0.15, 0.2) is 11.5 Å². The van der Waals surface area contributed by atoms with Gasteiger partial charge in [-0.1, -0.05) is 24.8 Å². The van der Waals surface area contributed by atoms with Crippen LogP contribution in [0.25, 0.3) is 6.08 Å². The SMILES string of the molecule is C=CCOc1c(I)cc(/C=C(\C#N)C(=O)Nc2ccccc2F)cc1OC. The van der Waals surface area contributed by atoms with Crippen LogP contribution in [-0.2, 0) is 4.79 Å². The van der Waals surface area contributed by atoms with Crippen LogP contribution in [0.4, 0.5) is 10.1 Å². The lowest BCUT2D eigenvalue weighted by atomic mass is 10.1. The number of anilines is 1. The molecule has 2 aromatic carbocycles. The van der Waals surface area contributed by atoms with Crippen molar-refractivity contribution in [3.05, 3.63) is 69.6 Å². The van der Waals surface area contributed by atoms with E-state index in [1.807, 2.05) is 6.07 Å². The van der Waals surface area contributed by atoms with E-state index in [2.05, 4.69) is 34.5 Å². The van der Waals surface area contributed by atoms with Crippen molar-refractivity contribution in [3.63, 3.8) is 0 Å². The van der Waals surface area contributed by atoms with E-state index in [4.69, 9.17) is 9.47 Å². The molecule has 7 heteroatoms. The Balaban J connectivity index is 2.33. The lowest BCUT2D eigenvalue weighted by molar-refractivity contribution is -0.112. The number of para-hydroxylation sites is 1. The van der Waals surface area contributed by atoms with Gasteiger partial charge in [-0.2, -0.15) is 5.26 Å². The Morgan fingerprint density at radius 2 is 2.15 bits per heavy atom. The summed E-state index contributed by atoms with van der Waals surface area (Å²) in [4.78, 5) is 12.3. The minimum absolute atomic E-state index is 0.00369. The fourth-order valence-electron chi connectivity index (χ4n) is 2.17. The number of carbonyl (C=O) groups excluding carboxylic acids is 1. The van der Waals surface area contributed by atoms with Crippen molar-refractivity contribution < 1.29 is 18.7 Å². The quantitative estimate of drug-likeness (QED) is 0.275. The number of carbonyl (C=O) groups is 1. The standard InChI is InChI=1S/C20H16FIN2O3/c1-3-8-27-19-16(22)10-13(11-18(19)26-2)9-14(12-23)20(25)24-17-7-5-4-6-15(17)21/h3-7,9-11H,1,8H2,2H3,(H,24,25)/b14-9+. The molecule has 0 aliphatic carbocycles. The van der Waals surface area contributed by atoms with Gasteiger partial charge in [0.2, 0.25) is 0 Å². The van der Waals surface area contributed by atoms with E-state index in [1.165, 1.54) is 31.4 Å². The molecule has 0 aromatic heterocycles. The Hall–Kier alpha value is -2.86. The smallest absolute Gasteiger partial charge is 0.266 e. The Morgan fingerprint density at radius 3 is 2.78 bits per heavy atom. The van der Waals surface area contributed by atoms with E-state index >= 15 is 0 Å². The van der Waals surface area contributed by atoms with E-state index in [0.29, 0.717) is 23.7 Å². The third-order valence-electron chi connectivity index (χ3n) is 3.40. The average Bonchev–Trinajstić information content (AvgIpc) is 2.66. The van der Waals surface area contributed by atoms with Crippen molar-refractivity contribution in [2.24, 2.45) is 0 Å². The van der Waals surface area contributed by atoms with Crippen molar-refractivity contribution >= 4 is 40.3 Å². The van der Waals surface area contributed by atoms with Gasteiger partial charge in [-0.15, -0.1) is 0 Å². The number of methoxy groups -OCH3 is 1. The molecule has 1 amide bonds. The maximum Gasteiger partial charge on any atom is 0.266 e. The van der Waals surface area contributed by atoms with Gasteiger partial charge < -0.3 is 14.8 Å². The first-order valence-corrected chi connectivity index (χ1v) is 8.87. The number of nitrogens with zero attached hydrogens (tertiary/aromatic N) is 1. The third kappa shape index (κ3) is 5.31. The zero-order valence-corrected chi connectivity index (χ0v) is 16.6. The third-order valence-corrected chi connectivity index (χ3v) is 4.20. The van der Waals surface area contributed by atoms with Gasteiger partial charge in [0.05, 0.1) is 16.4 Å². The number of hydrogen-bond acceptors (Lipinski definition) is 4. The van der Waals surface area contributed by atoms with Gasteiger partial charge in [0, 0.05) is 0 Å². The fraction of sp³-hybridized carbons (Fsp3) is 0.100. The second kappa shape index (κ2) is 9.73. The van der Waals surface area contributed by atoms with Crippen LogP contribution in [0.1, 0.15) is 5.56 Å². The summed E-state index contributed by atoms with van der Waals surface area (Å²) in [6.45, 7) is 3.92. The molecule has 0 saturated carbocycles. The number of rotatable bonds is 7. The molecule has 0 unspecified atom stereocenters. The Bertz CT molecular complexity index is 935. The van der Waals surface area contributed by atoms with E-state index in [1.54, 1.807) is 24.3 Å². The van der Waals surface area contributed by atoms with Crippen molar-refractivity contribution in [3.8, 4) is 17.6 Å². The number of nitriles is 1. The van der Waals surface area contributed by atoms with Gasteiger partial charge in [0.1, 0.15) is 24.1 Å². The molecular formula is C20H16FIN2O3. The normalized spacial score (nSPS) is 10.7. The predicted octanol–water partition coefficient (Wildman–Crippen LogP) is 4.55. The first-order valence-electron chi connectivity index (χ1n) is 7.79. The van der Waals surface area contributed by atoms with Crippen LogP contribution in [-0.4, -0.2) is 19.6 Å². The minimum Gasteiger partial charge on any atom is -0.493 e. The zero-order chi connectivity index (χ0) is 19.8. The molecule has 0 radical (unpaired) electrons. The van der Waals surface area contributed by atoms with Crippen LogP contribution in [0.15, 0.2) is 54.6 Å². The Kier molecular flexibility index (Phi) is 7.37. The van der Waals surface area contributed by atoms with E-state index < -0.39 is 11.7 Å². The summed E-state index contributed by atoms with van der Waals surface area (Å²) >= 11 is 2.07. The van der Waals surface area contributed by atoms with Crippen LogP contribution < -0.4 is 14.8 Å². The summed E-state index contributed by atoms with van der Waals surface area (Å²) in [7, 11) is 1.50. The van der Waals surface area contributed by atoms with Gasteiger partial charge in [-0.3, -0.25) is 4.79 Å². The molecule has 0 atom stereocenters. The maximum atomic E-state index is 13.7. The average molecular weight is 478 g/mol. The molecule has 2 aromatic rings. The fourth-order valence-corrected chi connectivity index (χ4v) is 2.95. The Morgan fingerprint density at radius 1 is 1.41 bits per heavy atom. The maximum absolute atomic E-state index is 13.7. The predicted molar refractivity (Wildman–Crippen MR) is 110 cm³/mol. The van der Waals surface area contributed by atoms with Crippen LogP contribution in [0.5, 0.6) is 11.5 Å². The summed E-state index contributed by atoms with van der Waals surface area (Å²) < 4.78 is 25.3. The molecule has 0 heterocycles. The largest absolute Gasteiger partial charge is 0.493 e. The molecule has 27 heavy (non-hydrogen) atoms. The highest BCUT2D eigenvalue weighted by atomic mass is 127. The molecule has 0 aliphatic rings. The van der Waals surface area contributed by atoms with Crippen molar-refractivity contribution in [2.75, 3.05) is 19.0 Å². The second-order valence-electron chi connectivity index (χ2n) is 5.24. The molecule has 1 N–H and O–H groups in total. The molecule has 0 spiro atoms. The summed E-state index contributed by atoms with van der Waals surface area (Å²) in [5.41, 5.74) is 0.405. The van der Waals surface area contributed by atoms with E-state index in [0.717, 1.165) is 3.57 Å². The van der Waals surface area contributed by atoms with Crippen LogP contribution in [0.3, 0.4) is 0 Å². The highest BCUT2D eigenvalue weighted by Crippen LogP contribution is 2.34. The summed E-state index contributed by atoms with van der Waals surface area (Å²) in [6, 6.07) is 11.0. The number of halogens is 2. The van der Waals surface area contributed by atoms with Crippen molar-refractivity contribution in [1.29, 1.82) is 5.26 Å². The molecule has 5 nitrogen and oxygen atoms in total. The van der Waals surface area contributed by atoms with Crippen LogP contribution in [0.2, 0.25) is 0 Å². The van der Waals surface area contributed by atoms with E-state index in [9.17, 15) is 14.4 Å². The molecule has 0 saturated heterocycles. The number of benzene rings is 2. The minimum atomic E-state index is -0.705. The van der Waals surface area contributed by atoms with Crippen LogP contribution in [0, 0.1) is 20.7 Å². The van der Waals surface area contributed by atoms with Gasteiger partial charge >= 0.3 is 0 Å². The summed E-state index contributed by atoms with van der Waals surface area (Å²) in [5, 5.41) is 11.7. The lowest BCUT2D eigenvalue weighted by Gasteiger charge is -2.12. The Labute approximate surface area is 170 Å². The molecular weight excluding hydrogens is 462 g/mol. The molecule has 0 aliphatic heterocycles. The topological polar surface area (TPSA) is 71.3 Å².